The Hall–Kier alpha value is -3.87. The molecule has 2 heterocycles. The summed E-state index contributed by atoms with van der Waals surface area (Å²) in [6, 6.07) is 7.11. The van der Waals surface area contributed by atoms with E-state index in [1.54, 1.807) is 12.1 Å². The maximum atomic E-state index is 13.0. The van der Waals surface area contributed by atoms with Crippen molar-refractivity contribution in [2.45, 2.75) is 19.3 Å². The minimum absolute atomic E-state index is 0.128. The molecule has 14 heteroatoms. The Morgan fingerprint density at radius 1 is 1.27 bits per heavy atom. The first-order valence-corrected chi connectivity index (χ1v) is 9.55. The lowest BCUT2D eigenvalue weighted by atomic mass is 10.2. The number of aromatic nitrogens is 2. The van der Waals surface area contributed by atoms with Crippen molar-refractivity contribution in [1.29, 1.82) is 0 Å². The van der Waals surface area contributed by atoms with Crippen LogP contribution in [0.5, 0.6) is 0 Å². The van der Waals surface area contributed by atoms with Gasteiger partial charge in [0.05, 0.1) is 40.8 Å². The van der Waals surface area contributed by atoms with Gasteiger partial charge in [-0.3, -0.25) is 9.59 Å². The van der Waals surface area contributed by atoms with E-state index in [2.05, 4.69) is 10.4 Å². The van der Waals surface area contributed by atoms with Crippen molar-refractivity contribution in [2.24, 2.45) is 0 Å². The number of nitro groups is 1. The van der Waals surface area contributed by atoms with Crippen LogP contribution in [0.4, 0.5) is 24.7 Å². The molecule has 0 saturated carbocycles. The van der Waals surface area contributed by atoms with Crippen LogP contribution in [-0.4, -0.2) is 38.0 Å². The molecule has 0 unspecified atom stereocenters. The van der Waals surface area contributed by atoms with E-state index in [-0.39, 0.29) is 12.2 Å². The fraction of sp³-hybridized carbons (Fsp3) is 0.211. The zero-order chi connectivity index (χ0) is 24.2. The number of carbonyl (C=O) groups excluding carboxylic acids is 2. The number of rotatable bonds is 8. The lowest BCUT2D eigenvalue weighted by Gasteiger charge is -2.21. The van der Waals surface area contributed by atoms with E-state index < -0.39 is 52.4 Å². The van der Waals surface area contributed by atoms with Gasteiger partial charge >= 0.3 is 12.0 Å². The Kier molecular flexibility index (Phi) is 7.01. The summed E-state index contributed by atoms with van der Waals surface area (Å²) in [5.41, 5.74) is -1.28. The molecule has 1 aromatic carbocycles. The number of alkyl halides is 3. The molecular weight excluding hydrogens is 471 g/mol. The second-order valence-corrected chi connectivity index (χ2v) is 7.11. The highest BCUT2D eigenvalue weighted by Crippen LogP contribution is 2.36. The van der Waals surface area contributed by atoms with E-state index in [1.807, 2.05) is 0 Å². The average Bonchev–Trinajstić information content (AvgIpc) is 3.40. The SMILES string of the molecule is O=C(CN(Cc1ccco1)C(=O)Cn1ccc([N+](=O)[O-])n1)Nc1ccc(Cl)c(C(F)(F)F)c1. The second-order valence-electron chi connectivity index (χ2n) is 6.70. The van der Waals surface area contributed by atoms with Crippen LogP contribution in [0, 0.1) is 10.1 Å². The third-order valence-corrected chi connectivity index (χ3v) is 4.61. The Morgan fingerprint density at radius 2 is 2.03 bits per heavy atom. The van der Waals surface area contributed by atoms with Crippen molar-refractivity contribution in [1.82, 2.24) is 14.7 Å². The largest absolute Gasteiger partial charge is 0.467 e. The fourth-order valence-corrected chi connectivity index (χ4v) is 3.02. The maximum Gasteiger partial charge on any atom is 0.417 e. The van der Waals surface area contributed by atoms with E-state index in [4.69, 9.17) is 16.0 Å². The van der Waals surface area contributed by atoms with Crippen molar-refractivity contribution >= 4 is 34.9 Å². The molecule has 2 aromatic heterocycles. The molecule has 0 bridgehead atoms. The van der Waals surface area contributed by atoms with Crippen molar-refractivity contribution in [2.75, 3.05) is 11.9 Å². The van der Waals surface area contributed by atoms with Gasteiger partial charge in [0.15, 0.2) is 0 Å². The minimum atomic E-state index is -4.72. The first-order chi connectivity index (χ1) is 15.5. The first kappa shape index (κ1) is 23.8. The van der Waals surface area contributed by atoms with Gasteiger partial charge in [-0.1, -0.05) is 11.6 Å². The summed E-state index contributed by atoms with van der Waals surface area (Å²) < 4.78 is 45.3. The van der Waals surface area contributed by atoms with Crippen molar-refractivity contribution in [3.8, 4) is 0 Å². The molecule has 1 N–H and O–H groups in total. The second kappa shape index (κ2) is 9.73. The zero-order valence-electron chi connectivity index (χ0n) is 16.6. The third-order valence-electron chi connectivity index (χ3n) is 4.28. The van der Waals surface area contributed by atoms with Gasteiger partial charge in [-0.2, -0.15) is 17.9 Å². The highest BCUT2D eigenvalue weighted by atomic mass is 35.5. The van der Waals surface area contributed by atoms with Crippen LogP contribution < -0.4 is 5.32 Å². The highest BCUT2D eigenvalue weighted by molar-refractivity contribution is 6.31. The number of nitrogens with zero attached hydrogens (tertiary/aromatic N) is 4. The van der Waals surface area contributed by atoms with Gasteiger partial charge in [0, 0.05) is 5.69 Å². The Labute approximate surface area is 188 Å². The summed E-state index contributed by atoms with van der Waals surface area (Å²) in [5.74, 6) is -1.53. The number of anilines is 1. The van der Waals surface area contributed by atoms with E-state index in [0.29, 0.717) is 11.8 Å². The third kappa shape index (κ3) is 6.32. The Bertz CT molecular complexity index is 1160. The van der Waals surface area contributed by atoms with Crippen LogP contribution in [-0.2, 0) is 28.9 Å². The number of furan rings is 1. The molecule has 2 amide bonds. The van der Waals surface area contributed by atoms with Gasteiger partial charge in [0.25, 0.3) is 0 Å². The molecule has 3 rings (SSSR count). The zero-order valence-corrected chi connectivity index (χ0v) is 17.3. The Balaban J connectivity index is 1.73. The molecule has 0 aliphatic rings. The molecule has 0 fully saturated rings. The van der Waals surface area contributed by atoms with Crippen molar-refractivity contribution in [3.05, 3.63) is 75.3 Å². The minimum Gasteiger partial charge on any atom is -0.467 e. The van der Waals surface area contributed by atoms with Crippen molar-refractivity contribution in [3.63, 3.8) is 0 Å². The number of hydrogen-bond acceptors (Lipinski definition) is 6. The normalized spacial score (nSPS) is 11.3. The molecule has 174 valence electrons. The summed E-state index contributed by atoms with van der Waals surface area (Å²) in [4.78, 5) is 36.3. The fourth-order valence-electron chi connectivity index (χ4n) is 2.79. The van der Waals surface area contributed by atoms with Crippen LogP contribution in [0.1, 0.15) is 11.3 Å². The van der Waals surface area contributed by atoms with Gasteiger partial charge in [0.2, 0.25) is 11.8 Å². The number of hydrogen-bond donors (Lipinski definition) is 1. The van der Waals surface area contributed by atoms with Gasteiger partial charge in [-0.05, 0) is 35.3 Å². The number of amides is 2. The summed E-state index contributed by atoms with van der Waals surface area (Å²) in [6.45, 7) is -1.08. The van der Waals surface area contributed by atoms with E-state index in [1.165, 1.54) is 18.5 Å². The lowest BCUT2D eigenvalue weighted by Crippen LogP contribution is -2.39. The summed E-state index contributed by atoms with van der Waals surface area (Å²) in [7, 11) is 0. The molecule has 33 heavy (non-hydrogen) atoms. The quantitative estimate of drug-likeness (QED) is 0.383. The monoisotopic (exact) mass is 485 g/mol. The van der Waals surface area contributed by atoms with Crippen LogP contribution in [0.25, 0.3) is 0 Å². The lowest BCUT2D eigenvalue weighted by molar-refractivity contribution is -0.389. The predicted molar refractivity (Wildman–Crippen MR) is 108 cm³/mol. The van der Waals surface area contributed by atoms with Gasteiger partial charge in [-0.25, -0.2) is 0 Å². The Morgan fingerprint density at radius 3 is 2.64 bits per heavy atom. The van der Waals surface area contributed by atoms with E-state index >= 15 is 0 Å². The van der Waals surface area contributed by atoms with E-state index in [0.717, 1.165) is 21.7 Å². The smallest absolute Gasteiger partial charge is 0.417 e. The molecule has 0 atom stereocenters. The summed E-state index contributed by atoms with van der Waals surface area (Å²) in [5, 5.41) is 16.2. The number of carbonyl (C=O) groups is 2. The molecule has 0 aliphatic carbocycles. The van der Waals surface area contributed by atoms with Gasteiger partial charge in [-0.15, -0.1) is 0 Å². The van der Waals surface area contributed by atoms with Crippen LogP contribution in [0.2, 0.25) is 5.02 Å². The van der Waals surface area contributed by atoms with Crippen molar-refractivity contribution < 1.29 is 32.1 Å². The van der Waals surface area contributed by atoms with Crippen LogP contribution in [0.15, 0.2) is 53.3 Å². The number of nitrogens with one attached hydrogen (secondary N) is 1. The topological polar surface area (TPSA) is 124 Å². The molecule has 0 spiro atoms. The summed E-state index contributed by atoms with van der Waals surface area (Å²) in [6.07, 6.45) is -2.12. The van der Waals surface area contributed by atoms with E-state index in [9.17, 15) is 32.9 Å². The standard InChI is InChI=1S/C19H15ClF3N5O5/c20-15-4-3-12(8-14(15)19(21,22)23)24-17(29)10-26(9-13-2-1-7-33-13)18(30)11-27-6-5-16(25-27)28(31)32/h1-8H,9-11H2,(H,24,29). The molecule has 0 saturated heterocycles. The maximum absolute atomic E-state index is 13.0. The highest BCUT2D eigenvalue weighted by Gasteiger charge is 2.33. The van der Waals surface area contributed by atoms with Crippen LogP contribution >= 0.6 is 11.6 Å². The summed E-state index contributed by atoms with van der Waals surface area (Å²) >= 11 is 5.57. The first-order valence-electron chi connectivity index (χ1n) is 9.17. The molecule has 0 aliphatic heterocycles. The molecule has 3 aromatic rings. The molecular formula is C19H15ClF3N5O5. The number of halogens is 4. The molecule has 0 radical (unpaired) electrons. The number of benzene rings is 1. The molecule has 10 nitrogen and oxygen atoms in total. The predicted octanol–water partition coefficient (Wildman–Crippen LogP) is 3.72. The van der Waals surface area contributed by atoms with Gasteiger partial charge in [0.1, 0.15) is 18.8 Å². The van der Waals surface area contributed by atoms with Gasteiger partial charge < -0.3 is 24.7 Å². The average molecular weight is 486 g/mol. The van der Waals surface area contributed by atoms with Crippen LogP contribution in [0.3, 0.4) is 0 Å².